The molecule has 0 aromatic rings. The van der Waals surface area contributed by atoms with E-state index < -0.39 is 11.8 Å². The lowest BCUT2D eigenvalue weighted by Gasteiger charge is -2.38. The Bertz CT molecular complexity index is 260. The van der Waals surface area contributed by atoms with Gasteiger partial charge in [-0.3, -0.25) is 0 Å². The normalized spacial score (nSPS) is 31.0. The van der Waals surface area contributed by atoms with E-state index in [1.807, 2.05) is 6.92 Å². The van der Waals surface area contributed by atoms with Crippen molar-refractivity contribution < 1.29 is 14.6 Å². The SMILES string of the molecule is C=C(C)C(=O)OC1(O)CCCCC1CC. The lowest BCUT2D eigenvalue weighted by Crippen LogP contribution is -2.44. The zero-order valence-electron chi connectivity index (χ0n) is 9.58. The third-order valence-electron chi connectivity index (χ3n) is 3.09. The summed E-state index contributed by atoms with van der Waals surface area (Å²) in [6.07, 6.45) is 4.32. The van der Waals surface area contributed by atoms with Crippen molar-refractivity contribution >= 4 is 5.97 Å². The molecule has 1 saturated carbocycles. The van der Waals surface area contributed by atoms with Crippen LogP contribution < -0.4 is 0 Å². The van der Waals surface area contributed by atoms with Gasteiger partial charge in [-0.15, -0.1) is 0 Å². The topological polar surface area (TPSA) is 46.5 Å². The molecule has 0 amide bonds. The number of carbonyl (C=O) groups excluding carboxylic acids is 1. The second-order valence-electron chi connectivity index (χ2n) is 4.37. The van der Waals surface area contributed by atoms with Gasteiger partial charge in [0.25, 0.3) is 0 Å². The molecular weight excluding hydrogens is 192 g/mol. The standard InChI is InChI=1S/C12H20O3/c1-4-10-7-5-6-8-12(10,14)15-11(13)9(2)3/h10,14H,2,4-8H2,1,3H3. The quantitative estimate of drug-likeness (QED) is 0.444. The van der Waals surface area contributed by atoms with E-state index in [-0.39, 0.29) is 5.92 Å². The third-order valence-corrected chi connectivity index (χ3v) is 3.09. The zero-order valence-corrected chi connectivity index (χ0v) is 9.58. The molecule has 1 fully saturated rings. The lowest BCUT2D eigenvalue weighted by atomic mass is 9.81. The summed E-state index contributed by atoms with van der Waals surface area (Å²) < 4.78 is 5.16. The Labute approximate surface area is 91.1 Å². The maximum atomic E-state index is 11.4. The molecule has 86 valence electrons. The average molecular weight is 212 g/mol. The van der Waals surface area contributed by atoms with Crippen LogP contribution in [0.25, 0.3) is 0 Å². The van der Waals surface area contributed by atoms with Crippen LogP contribution in [0.5, 0.6) is 0 Å². The first-order valence-corrected chi connectivity index (χ1v) is 5.61. The average Bonchev–Trinajstić information content (AvgIpc) is 2.17. The predicted molar refractivity (Wildman–Crippen MR) is 58.1 cm³/mol. The van der Waals surface area contributed by atoms with Crippen LogP contribution in [0.3, 0.4) is 0 Å². The Morgan fingerprint density at radius 2 is 2.27 bits per heavy atom. The van der Waals surface area contributed by atoms with Gasteiger partial charge in [0, 0.05) is 17.9 Å². The minimum Gasteiger partial charge on any atom is -0.430 e. The van der Waals surface area contributed by atoms with Gasteiger partial charge >= 0.3 is 5.97 Å². The molecule has 3 nitrogen and oxygen atoms in total. The molecule has 1 aliphatic rings. The second kappa shape index (κ2) is 4.79. The van der Waals surface area contributed by atoms with Crippen molar-refractivity contribution in [1.82, 2.24) is 0 Å². The second-order valence-corrected chi connectivity index (χ2v) is 4.37. The predicted octanol–water partition coefficient (Wildman–Crippen LogP) is 2.39. The van der Waals surface area contributed by atoms with Crippen LogP contribution in [0.1, 0.15) is 46.0 Å². The van der Waals surface area contributed by atoms with Crippen molar-refractivity contribution in [2.45, 2.75) is 51.7 Å². The highest BCUT2D eigenvalue weighted by atomic mass is 16.7. The van der Waals surface area contributed by atoms with E-state index in [9.17, 15) is 9.90 Å². The van der Waals surface area contributed by atoms with Gasteiger partial charge in [-0.1, -0.05) is 19.9 Å². The molecule has 1 aliphatic carbocycles. The molecule has 2 atom stereocenters. The molecule has 0 spiro atoms. The van der Waals surface area contributed by atoms with Crippen LogP contribution in [0.2, 0.25) is 0 Å². The van der Waals surface area contributed by atoms with Crippen molar-refractivity contribution in [3.05, 3.63) is 12.2 Å². The van der Waals surface area contributed by atoms with Gasteiger partial charge in [0.1, 0.15) is 0 Å². The summed E-state index contributed by atoms with van der Waals surface area (Å²) in [7, 11) is 0. The van der Waals surface area contributed by atoms with Crippen LogP contribution in [-0.2, 0) is 9.53 Å². The Morgan fingerprint density at radius 1 is 1.60 bits per heavy atom. The highest BCUT2D eigenvalue weighted by Gasteiger charge is 2.41. The molecule has 3 heteroatoms. The molecule has 0 aromatic carbocycles. The van der Waals surface area contributed by atoms with E-state index in [4.69, 9.17) is 4.74 Å². The van der Waals surface area contributed by atoms with Crippen LogP contribution in [0.4, 0.5) is 0 Å². The summed E-state index contributed by atoms with van der Waals surface area (Å²) in [5, 5.41) is 10.3. The minimum absolute atomic E-state index is 0.0644. The lowest BCUT2D eigenvalue weighted by molar-refractivity contribution is -0.240. The first kappa shape index (κ1) is 12.2. The number of aliphatic hydroxyl groups is 1. The van der Waals surface area contributed by atoms with Gasteiger partial charge in [-0.05, 0) is 26.2 Å². The van der Waals surface area contributed by atoms with Crippen molar-refractivity contribution in [2.24, 2.45) is 5.92 Å². The molecule has 1 rings (SSSR count). The van der Waals surface area contributed by atoms with Crippen molar-refractivity contribution in [3.63, 3.8) is 0 Å². The molecule has 15 heavy (non-hydrogen) atoms. The highest BCUT2D eigenvalue weighted by molar-refractivity contribution is 5.87. The molecule has 0 bridgehead atoms. The molecule has 0 radical (unpaired) electrons. The molecular formula is C12H20O3. The van der Waals surface area contributed by atoms with E-state index >= 15 is 0 Å². The van der Waals surface area contributed by atoms with Crippen molar-refractivity contribution in [3.8, 4) is 0 Å². The number of hydrogen-bond donors (Lipinski definition) is 1. The largest absolute Gasteiger partial charge is 0.430 e. The monoisotopic (exact) mass is 212 g/mol. The van der Waals surface area contributed by atoms with Gasteiger partial charge in [-0.25, -0.2) is 4.79 Å². The molecule has 2 unspecified atom stereocenters. The van der Waals surface area contributed by atoms with Crippen LogP contribution in [0.15, 0.2) is 12.2 Å². The molecule has 0 heterocycles. The Balaban J connectivity index is 2.69. The fourth-order valence-electron chi connectivity index (χ4n) is 2.10. The number of carbonyl (C=O) groups is 1. The Morgan fingerprint density at radius 3 is 2.80 bits per heavy atom. The third kappa shape index (κ3) is 2.81. The van der Waals surface area contributed by atoms with E-state index in [0.29, 0.717) is 12.0 Å². The van der Waals surface area contributed by atoms with Gasteiger partial charge in [0.2, 0.25) is 5.79 Å². The Hall–Kier alpha value is -0.830. The van der Waals surface area contributed by atoms with Gasteiger partial charge in [-0.2, -0.15) is 0 Å². The fraction of sp³-hybridized carbons (Fsp3) is 0.750. The highest BCUT2D eigenvalue weighted by Crippen LogP contribution is 2.37. The number of esters is 1. The zero-order chi connectivity index (χ0) is 11.5. The first-order valence-electron chi connectivity index (χ1n) is 5.61. The summed E-state index contributed by atoms with van der Waals surface area (Å²) >= 11 is 0. The maximum Gasteiger partial charge on any atom is 0.335 e. The summed E-state index contributed by atoms with van der Waals surface area (Å²) in [6, 6.07) is 0. The molecule has 1 N–H and O–H groups in total. The van der Waals surface area contributed by atoms with E-state index in [1.165, 1.54) is 0 Å². The summed E-state index contributed by atoms with van der Waals surface area (Å²) in [6.45, 7) is 7.12. The van der Waals surface area contributed by atoms with Crippen molar-refractivity contribution in [1.29, 1.82) is 0 Å². The van der Waals surface area contributed by atoms with Crippen molar-refractivity contribution in [2.75, 3.05) is 0 Å². The summed E-state index contributed by atoms with van der Waals surface area (Å²) in [5.74, 6) is -1.68. The minimum atomic E-state index is -1.26. The van der Waals surface area contributed by atoms with Gasteiger partial charge in [0.05, 0.1) is 0 Å². The van der Waals surface area contributed by atoms with E-state index in [0.717, 1.165) is 25.7 Å². The number of rotatable bonds is 3. The maximum absolute atomic E-state index is 11.4. The molecule has 0 aromatic heterocycles. The van der Waals surface area contributed by atoms with E-state index in [1.54, 1.807) is 6.92 Å². The van der Waals surface area contributed by atoms with Crippen LogP contribution in [-0.4, -0.2) is 16.9 Å². The van der Waals surface area contributed by atoms with E-state index in [2.05, 4.69) is 6.58 Å². The van der Waals surface area contributed by atoms with Crippen LogP contribution >= 0.6 is 0 Å². The molecule has 0 saturated heterocycles. The number of hydrogen-bond acceptors (Lipinski definition) is 3. The fourth-order valence-corrected chi connectivity index (χ4v) is 2.10. The Kier molecular flexibility index (Phi) is 3.91. The smallest absolute Gasteiger partial charge is 0.335 e. The molecule has 0 aliphatic heterocycles. The van der Waals surface area contributed by atoms with Crippen LogP contribution in [0, 0.1) is 5.92 Å². The van der Waals surface area contributed by atoms with Gasteiger partial charge < -0.3 is 9.84 Å². The number of ether oxygens (including phenoxy) is 1. The first-order chi connectivity index (χ1) is 6.99. The summed E-state index contributed by atoms with van der Waals surface area (Å²) in [4.78, 5) is 11.4. The van der Waals surface area contributed by atoms with Gasteiger partial charge in [0.15, 0.2) is 0 Å². The summed E-state index contributed by atoms with van der Waals surface area (Å²) in [5.41, 5.74) is 0.337.